The molecule has 0 amide bonds. The van der Waals surface area contributed by atoms with Crippen LogP contribution >= 0.6 is 24.0 Å². The van der Waals surface area contributed by atoms with Gasteiger partial charge < -0.3 is 10.6 Å². The Morgan fingerprint density at radius 1 is 1.08 bits per heavy atom. The molecule has 1 heterocycles. The Kier molecular flexibility index (Phi) is 8.79. The second kappa shape index (κ2) is 9.59. The Bertz CT molecular complexity index is 508. The van der Waals surface area contributed by atoms with Crippen LogP contribution in [0.15, 0.2) is 4.99 Å². The van der Waals surface area contributed by atoms with Crippen LogP contribution in [0.3, 0.4) is 0 Å². The van der Waals surface area contributed by atoms with E-state index in [4.69, 9.17) is 0 Å². The molecule has 1 atom stereocenters. The number of aliphatic imine (C=N–C) groups is 1. The molecule has 1 saturated heterocycles. The lowest BCUT2D eigenvalue weighted by atomic mass is 9.89. The molecule has 1 saturated carbocycles. The zero-order valence-corrected chi connectivity index (χ0v) is 18.5. The molecule has 0 aromatic rings. The summed E-state index contributed by atoms with van der Waals surface area (Å²) in [7, 11) is -2.82. The minimum absolute atomic E-state index is 0. The normalized spacial score (nSPS) is 25.1. The Morgan fingerprint density at radius 2 is 1.75 bits per heavy atom. The minimum atomic E-state index is -2.82. The Balaban J connectivity index is 0.00000288. The number of rotatable bonds is 4. The van der Waals surface area contributed by atoms with E-state index in [0.29, 0.717) is 18.1 Å². The summed E-state index contributed by atoms with van der Waals surface area (Å²) in [4.78, 5) is 4.67. The second-order valence-corrected chi connectivity index (χ2v) is 10.4. The van der Waals surface area contributed by atoms with Crippen molar-refractivity contribution in [2.45, 2.75) is 64.8 Å². The topological polar surface area (TPSA) is 70.6 Å². The van der Waals surface area contributed by atoms with E-state index in [1.54, 1.807) is 0 Å². The predicted octanol–water partition coefficient (Wildman–Crippen LogP) is 2.95. The summed E-state index contributed by atoms with van der Waals surface area (Å²) in [6, 6.07) is 0. The average molecular weight is 471 g/mol. The first-order valence-corrected chi connectivity index (χ1v) is 10.8. The number of hydrogen-bond donors (Lipinski definition) is 2. The van der Waals surface area contributed by atoms with Crippen molar-refractivity contribution < 1.29 is 8.42 Å². The monoisotopic (exact) mass is 471 g/mol. The first kappa shape index (κ1) is 22.0. The minimum Gasteiger partial charge on any atom is -0.356 e. The van der Waals surface area contributed by atoms with Crippen molar-refractivity contribution in [1.82, 2.24) is 10.6 Å². The zero-order chi connectivity index (χ0) is 16.9. The van der Waals surface area contributed by atoms with Crippen LogP contribution in [-0.2, 0) is 9.84 Å². The molecule has 0 radical (unpaired) electrons. The molecule has 7 heteroatoms. The number of sulfone groups is 1. The van der Waals surface area contributed by atoms with Gasteiger partial charge in [-0.1, -0.05) is 19.3 Å². The van der Waals surface area contributed by atoms with Gasteiger partial charge in [0, 0.05) is 18.6 Å². The maximum absolute atomic E-state index is 11.6. The Labute approximate surface area is 164 Å². The number of nitrogens with one attached hydrogen (secondary N) is 2. The molecule has 5 nitrogen and oxygen atoms in total. The lowest BCUT2D eigenvalue weighted by Gasteiger charge is -2.27. The summed E-state index contributed by atoms with van der Waals surface area (Å²) in [5.74, 6) is 2.36. The van der Waals surface area contributed by atoms with E-state index in [0.717, 1.165) is 24.8 Å². The van der Waals surface area contributed by atoms with Crippen LogP contribution in [0, 0.1) is 11.8 Å². The summed E-state index contributed by atoms with van der Waals surface area (Å²) in [6.45, 7) is 7.90. The lowest BCUT2D eigenvalue weighted by Crippen LogP contribution is -2.49. The average Bonchev–Trinajstić information content (AvgIpc) is 2.81. The van der Waals surface area contributed by atoms with Gasteiger partial charge >= 0.3 is 0 Å². The fourth-order valence-electron chi connectivity index (χ4n) is 3.36. The summed E-state index contributed by atoms with van der Waals surface area (Å²) in [6.07, 6.45) is 7.40. The van der Waals surface area contributed by atoms with Gasteiger partial charge in [0.1, 0.15) is 0 Å². The van der Waals surface area contributed by atoms with Crippen molar-refractivity contribution in [3.63, 3.8) is 0 Å². The lowest BCUT2D eigenvalue weighted by molar-refractivity contribution is 0.354. The first-order chi connectivity index (χ1) is 10.7. The summed E-state index contributed by atoms with van der Waals surface area (Å²) in [5.41, 5.74) is -0.0554. The number of hydrogen-bond acceptors (Lipinski definition) is 3. The van der Waals surface area contributed by atoms with Crippen molar-refractivity contribution in [1.29, 1.82) is 0 Å². The van der Waals surface area contributed by atoms with E-state index in [-0.39, 0.29) is 35.4 Å². The van der Waals surface area contributed by atoms with Gasteiger partial charge in [0.05, 0.1) is 11.5 Å². The number of nitrogens with zero attached hydrogens (tertiary/aromatic N) is 1. The Morgan fingerprint density at radius 3 is 2.29 bits per heavy atom. The molecule has 1 aliphatic carbocycles. The highest BCUT2D eigenvalue weighted by Gasteiger charge is 2.27. The van der Waals surface area contributed by atoms with Crippen molar-refractivity contribution in [3.8, 4) is 0 Å². The highest BCUT2D eigenvalue weighted by atomic mass is 127. The van der Waals surface area contributed by atoms with E-state index < -0.39 is 9.84 Å². The van der Waals surface area contributed by atoms with Crippen molar-refractivity contribution in [2.75, 3.05) is 24.6 Å². The van der Waals surface area contributed by atoms with Gasteiger partial charge in [0.25, 0.3) is 0 Å². The summed E-state index contributed by atoms with van der Waals surface area (Å²) >= 11 is 0. The van der Waals surface area contributed by atoms with Gasteiger partial charge in [0.2, 0.25) is 0 Å². The highest BCUT2D eigenvalue weighted by Crippen LogP contribution is 2.23. The molecule has 0 aromatic carbocycles. The van der Waals surface area contributed by atoms with Gasteiger partial charge in [0.15, 0.2) is 15.8 Å². The third-order valence-corrected chi connectivity index (χ3v) is 6.45. The number of guanidine groups is 1. The van der Waals surface area contributed by atoms with E-state index in [2.05, 4.69) is 36.4 Å². The Hall–Kier alpha value is -0.0500. The fourth-order valence-corrected chi connectivity index (χ4v) is 5.21. The second-order valence-electron chi connectivity index (χ2n) is 8.22. The molecule has 0 spiro atoms. The maximum Gasteiger partial charge on any atom is 0.191 e. The van der Waals surface area contributed by atoms with E-state index in [1.807, 2.05) is 0 Å². The molecule has 142 valence electrons. The summed E-state index contributed by atoms with van der Waals surface area (Å²) < 4.78 is 23.1. The molecular formula is C17H34IN3O2S. The van der Waals surface area contributed by atoms with Crippen LogP contribution in [0.1, 0.15) is 59.3 Å². The van der Waals surface area contributed by atoms with Gasteiger partial charge in [-0.2, -0.15) is 0 Å². The standard InChI is InChI=1S/C17H33N3O2S.HI/c1-17(2,3)20-16(18-11-14-7-5-4-6-8-14)19-12-15-9-10-23(21,22)13-15;/h14-15H,4-13H2,1-3H3,(H2,18,19,20);1H. The van der Waals surface area contributed by atoms with Gasteiger partial charge in [-0.05, 0) is 51.9 Å². The van der Waals surface area contributed by atoms with Crippen LogP contribution in [-0.4, -0.2) is 44.5 Å². The first-order valence-electron chi connectivity index (χ1n) is 9.00. The molecule has 2 fully saturated rings. The van der Waals surface area contributed by atoms with Gasteiger partial charge in [-0.15, -0.1) is 24.0 Å². The fraction of sp³-hybridized carbons (Fsp3) is 0.941. The molecule has 1 aliphatic heterocycles. The molecule has 1 unspecified atom stereocenters. The number of halogens is 1. The van der Waals surface area contributed by atoms with E-state index in [1.165, 1.54) is 32.1 Å². The third-order valence-electron chi connectivity index (χ3n) is 4.61. The molecule has 0 bridgehead atoms. The molecular weight excluding hydrogens is 437 g/mol. The summed E-state index contributed by atoms with van der Waals surface area (Å²) in [5, 5.41) is 6.91. The quantitative estimate of drug-likeness (QED) is 0.376. The smallest absolute Gasteiger partial charge is 0.191 e. The van der Waals surface area contributed by atoms with Crippen LogP contribution in [0.4, 0.5) is 0 Å². The third kappa shape index (κ3) is 8.36. The predicted molar refractivity (Wildman–Crippen MR) is 112 cm³/mol. The van der Waals surface area contributed by atoms with Crippen LogP contribution in [0.25, 0.3) is 0 Å². The highest BCUT2D eigenvalue weighted by molar-refractivity contribution is 14.0. The van der Waals surface area contributed by atoms with E-state index >= 15 is 0 Å². The SMILES string of the molecule is CC(C)(C)NC(=NCC1CCS(=O)(=O)C1)NCC1CCCCC1.I. The van der Waals surface area contributed by atoms with E-state index in [9.17, 15) is 8.42 Å². The molecule has 0 aromatic heterocycles. The van der Waals surface area contributed by atoms with Gasteiger partial charge in [-0.25, -0.2) is 8.42 Å². The van der Waals surface area contributed by atoms with Crippen LogP contribution in [0.2, 0.25) is 0 Å². The van der Waals surface area contributed by atoms with Crippen LogP contribution in [0.5, 0.6) is 0 Å². The van der Waals surface area contributed by atoms with Crippen LogP contribution < -0.4 is 10.6 Å². The molecule has 24 heavy (non-hydrogen) atoms. The van der Waals surface area contributed by atoms with Gasteiger partial charge in [-0.3, -0.25) is 4.99 Å². The molecule has 2 N–H and O–H groups in total. The van der Waals surface area contributed by atoms with Crippen molar-refractivity contribution in [2.24, 2.45) is 16.8 Å². The molecule has 2 rings (SSSR count). The molecule has 2 aliphatic rings. The largest absolute Gasteiger partial charge is 0.356 e. The zero-order valence-electron chi connectivity index (χ0n) is 15.3. The maximum atomic E-state index is 11.6. The van der Waals surface area contributed by atoms with Crippen molar-refractivity contribution in [3.05, 3.63) is 0 Å². The van der Waals surface area contributed by atoms with Crippen molar-refractivity contribution >= 4 is 39.8 Å².